The third-order valence-electron chi connectivity index (χ3n) is 6.63. The van der Waals surface area contributed by atoms with Crippen molar-refractivity contribution in [3.8, 4) is 0 Å². The standard InChI is InChI=1S/C32H61N2O6P/c1-6-7-8-9-10-11-12-13-14-15-16-17-18-19-20-21-22-23-24-25-26-32(36)31(33-30(2)35)29-40-41(37,38)39-28-27-34(3,4)5/h17-18,21-22,25-26,31-32,36H,6-16,19-20,23-24,27-29H2,1-5H3,(H-,33,35,37,38)/p+1/b18-17+,22-21+,26-25+. The molecule has 41 heavy (non-hydrogen) atoms. The molecule has 0 heterocycles. The Bertz CT molecular complexity index is 779. The van der Waals surface area contributed by atoms with E-state index in [2.05, 4.69) is 36.5 Å². The van der Waals surface area contributed by atoms with Crippen LogP contribution < -0.4 is 5.32 Å². The number of amides is 1. The summed E-state index contributed by atoms with van der Waals surface area (Å²) in [6.07, 6.45) is 29.8. The number of phosphoric ester groups is 1. The summed E-state index contributed by atoms with van der Waals surface area (Å²) >= 11 is 0. The number of unbranched alkanes of at least 4 members (excludes halogenated alkanes) is 12. The first-order valence-corrected chi connectivity index (χ1v) is 17.3. The summed E-state index contributed by atoms with van der Waals surface area (Å²) in [6.45, 7) is 3.81. The minimum absolute atomic E-state index is 0.0493. The molecule has 9 heteroatoms. The van der Waals surface area contributed by atoms with Gasteiger partial charge in [-0.25, -0.2) is 4.57 Å². The molecule has 3 unspecified atom stereocenters. The number of phosphoric acid groups is 1. The Hall–Kier alpha value is -1.28. The van der Waals surface area contributed by atoms with Crippen molar-refractivity contribution in [2.75, 3.05) is 40.9 Å². The molecule has 0 aromatic heterocycles. The first-order chi connectivity index (χ1) is 19.5. The van der Waals surface area contributed by atoms with Gasteiger partial charge in [0.1, 0.15) is 13.2 Å². The molecular formula is C32H62N2O6P+. The molecular weight excluding hydrogens is 539 g/mol. The second-order valence-corrected chi connectivity index (χ2v) is 13.4. The Morgan fingerprint density at radius 2 is 1.29 bits per heavy atom. The number of hydrogen-bond donors (Lipinski definition) is 3. The van der Waals surface area contributed by atoms with E-state index in [-0.39, 0.29) is 19.1 Å². The van der Waals surface area contributed by atoms with Gasteiger partial charge in [-0.15, -0.1) is 0 Å². The molecule has 0 saturated heterocycles. The van der Waals surface area contributed by atoms with Crippen LogP contribution in [-0.4, -0.2) is 73.4 Å². The number of hydrogen-bond acceptors (Lipinski definition) is 5. The van der Waals surface area contributed by atoms with Crippen LogP contribution in [0.5, 0.6) is 0 Å². The molecule has 0 aliphatic heterocycles. The minimum Gasteiger partial charge on any atom is -0.387 e. The summed E-state index contributed by atoms with van der Waals surface area (Å²) in [6, 6.07) is -0.867. The Labute approximate surface area is 251 Å². The predicted octanol–water partition coefficient (Wildman–Crippen LogP) is 7.23. The van der Waals surface area contributed by atoms with Gasteiger partial charge in [0.05, 0.1) is 39.9 Å². The van der Waals surface area contributed by atoms with Gasteiger partial charge in [-0.2, -0.15) is 0 Å². The maximum atomic E-state index is 12.1. The van der Waals surface area contributed by atoms with Gasteiger partial charge in [-0.05, 0) is 38.5 Å². The van der Waals surface area contributed by atoms with E-state index in [4.69, 9.17) is 9.05 Å². The van der Waals surface area contributed by atoms with Gasteiger partial charge >= 0.3 is 7.82 Å². The molecule has 8 nitrogen and oxygen atoms in total. The third-order valence-corrected chi connectivity index (χ3v) is 7.61. The van der Waals surface area contributed by atoms with Crippen molar-refractivity contribution in [2.45, 2.75) is 122 Å². The molecule has 0 aromatic rings. The molecule has 3 atom stereocenters. The topological polar surface area (TPSA) is 105 Å². The highest BCUT2D eigenvalue weighted by atomic mass is 31.2. The molecule has 0 spiro atoms. The maximum absolute atomic E-state index is 12.1. The lowest BCUT2D eigenvalue weighted by Crippen LogP contribution is -2.44. The molecule has 0 aromatic carbocycles. The number of likely N-dealkylation sites (N-methyl/N-ethyl adjacent to an activating group) is 1. The fourth-order valence-corrected chi connectivity index (χ4v) is 4.84. The van der Waals surface area contributed by atoms with E-state index in [0.29, 0.717) is 11.0 Å². The smallest absolute Gasteiger partial charge is 0.387 e. The van der Waals surface area contributed by atoms with Crippen LogP contribution in [0.2, 0.25) is 0 Å². The van der Waals surface area contributed by atoms with E-state index in [1.165, 1.54) is 77.6 Å². The molecule has 0 radical (unpaired) electrons. The van der Waals surface area contributed by atoms with Crippen LogP contribution in [0.4, 0.5) is 0 Å². The predicted molar refractivity (Wildman–Crippen MR) is 171 cm³/mol. The number of nitrogens with one attached hydrogen (secondary N) is 1. The van der Waals surface area contributed by atoms with Crippen molar-refractivity contribution in [1.82, 2.24) is 5.32 Å². The van der Waals surface area contributed by atoms with Crippen LogP contribution in [-0.2, 0) is 18.4 Å². The van der Waals surface area contributed by atoms with Crippen LogP contribution in [0.3, 0.4) is 0 Å². The lowest BCUT2D eigenvalue weighted by Gasteiger charge is -2.25. The van der Waals surface area contributed by atoms with Crippen molar-refractivity contribution in [3.05, 3.63) is 36.5 Å². The molecule has 3 N–H and O–H groups in total. The fourth-order valence-electron chi connectivity index (χ4n) is 4.10. The number of carbonyl (C=O) groups excluding carboxylic acids is 1. The van der Waals surface area contributed by atoms with E-state index < -0.39 is 20.0 Å². The average Bonchev–Trinajstić information content (AvgIpc) is 2.88. The Kier molecular flexibility index (Phi) is 24.5. The van der Waals surface area contributed by atoms with Gasteiger partial charge in [0.15, 0.2) is 0 Å². The average molecular weight is 602 g/mol. The van der Waals surface area contributed by atoms with E-state index in [9.17, 15) is 19.4 Å². The van der Waals surface area contributed by atoms with Crippen LogP contribution in [0.25, 0.3) is 0 Å². The van der Waals surface area contributed by atoms with E-state index >= 15 is 0 Å². The number of carbonyl (C=O) groups is 1. The molecule has 0 bridgehead atoms. The van der Waals surface area contributed by atoms with Crippen molar-refractivity contribution in [1.29, 1.82) is 0 Å². The number of aliphatic hydroxyl groups is 1. The second-order valence-electron chi connectivity index (χ2n) is 11.9. The molecule has 0 aliphatic carbocycles. The van der Waals surface area contributed by atoms with Crippen molar-refractivity contribution >= 4 is 13.7 Å². The second kappa shape index (κ2) is 25.2. The van der Waals surface area contributed by atoms with Crippen LogP contribution >= 0.6 is 7.82 Å². The largest absolute Gasteiger partial charge is 0.472 e. The summed E-state index contributed by atoms with van der Waals surface area (Å²) in [4.78, 5) is 21.4. The number of aliphatic hydroxyl groups excluding tert-OH is 1. The first kappa shape index (κ1) is 39.7. The Balaban J connectivity index is 4.04. The van der Waals surface area contributed by atoms with Gasteiger partial charge in [-0.1, -0.05) is 101 Å². The zero-order valence-corrected chi connectivity index (χ0v) is 27.7. The number of nitrogens with zero attached hydrogens (tertiary/aromatic N) is 1. The van der Waals surface area contributed by atoms with E-state index in [0.717, 1.165) is 25.7 Å². The third kappa shape index (κ3) is 28.6. The van der Waals surface area contributed by atoms with E-state index in [1.807, 2.05) is 27.2 Å². The summed E-state index contributed by atoms with van der Waals surface area (Å²) in [5, 5.41) is 13.0. The lowest BCUT2D eigenvalue weighted by atomic mass is 10.1. The molecule has 240 valence electrons. The number of quaternary nitrogens is 1. The minimum atomic E-state index is -4.29. The van der Waals surface area contributed by atoms with Gasteiger partial charge in [-0.3, -0.25) is 13.8 Å². The summed E-state index contributed by atoms with van der Waals surface area (Å²) in [5.74, 6) is -0.370. The monoisotopic (exact) mass is 601 g/mol. The highest BCUT2D eigenvalue weighted by Gasteiger charge is 2.27. The Morgan fingerprint density at radius 3 is 1.80 bits per heavy atom. The molecule has 0 rings (SSSR count). The fraction of sp³-hybridized carbons (Fsp3) is 0.781. The van der Waals surface area contributed by atoms with Crippen molar-refractivity contribution in [2.24, 2.45) is 0 Å². The maximum Gasteiger partial charge on any atom is 0.472 e. The summed E-state index contributed by atoms with van der Waals surface area (Å²) in [5.41, 5.74) is 0. The summed E-state index contributed by atoms with van der Waals surface area (Å²) in [7, 11) is 1.53. The molecule has 1 amide bonds. The normalized spacial score (nSPS) is 15.6. The molecule has 0 fully saturated rings. The van der Waals surface area contributed by atoms with Crippen molar-refractivity contribution < 1.29 is 32.9 Å². The van der Waals surface area contributed by atoms with Crippen LogP contribution in [0.15, 0.2) is 36.5 Å². The number of allylic oxidation sites excluding steroid dienone is 5. The van der Waals surface area contributed by atoms with Gasteiger partial charge < -0.3 is 19.8 Å². The van der Waals surface area contributed by atoms with Crippen molar-refractivity contribution in [3.63, 3.8) is 0 Å². The Morgan fingerprint density at radius 1 is 0.805 bits per heavy atom. The highest BCUT2D eigenvalue weighted by Crippen LogP contribution is 2.43. The van der Waals surface area contributed by atoms with Gasteiger partial charge in [0, 0.05) is 6.92 Å². The zero-order valence-electron chi connectivity index (χ0n) is 26.8. The summed E-state index contributed by atoms with van der Waals surface area (Å²) < 4.78 is 22.7. The number of rotatable bonds is 27. The molecule has 0 aliphatic rings. The van der Waals surface area contributed by atoms with Crippen LogP contribution in [0.1, 0.15) is 110 Å². The molecule has 0 saturated carbocycles. The van der Waals surface area contributed by atoms with Gasteiger partial charge in [0.2, 0.25) is 5.91 Å². The quantitative estimate of drug-likeness (QED) is 0.0397. The lowest BCUT2D eigenvalue weighted by molar-refractivity contribution is -0.870. The first-order valence-electron chi connectivity index (χ1n) is 15.8. The van der Waals surface area contributed by atoms with Crippen LogP contribution in [0, 0.1) is 0 Å². The SMILES string of the molecule is CCCCCCCCCCCC/C=C/CC/C=C/CC/C=C/C(O)C(COP(=O)(O)OCC[N+](C)(C)C)NC(C)=O. The highest BCUT2D eigenvalue weighted by molar-refractivity contribution is 7.47. The van der Waals surface area contributed by atoms with Gasteiger partial charge in [0.25, 0.3) is 0 Å². The zero-order chi connectivity index (χ0) is 30.8. The van der Waals surface area contributed by atoms with E-state index in [1.54, 1.807) is 6.08 Å².